The van der Waals surface area contributed by atoms with E-state index >= 15 is 0 Å². The van der Waals surface area contributed by atoms with Crippen LogP contribution in [-0.4, -0.2) is 17.1 Å². The summed E-state index contributed by atoms with van der Waals surface area (Å²) in [6.45, 7) is 5.50. The number of anilines is 2. The van der Waals surface area contributed by atoms with Gasteiger partial charge in [0.15, 0.2) is 0 Å². The SMILES string of the molecule is CCC1CCC2(CC1)CNc1c(C)ccnc1N2. The molecule has 98 valence electrons. The highest BCUT2D eigenvalue weighted by molar-refractivity contribution is 5.71. The van der Waals surface area contributed by atoms with Gasteiger partial charge in [-0.05, 0) is 50.2 Å². The lowest BCUT2D eigenvalue weighted by Crippen LogP contribution is -2.50. The molecular formula is C15H23N3. The summed E-state index contributed by atoms with van der Waals surface area (Å²) in [5.41, 5.74) is 2.73. The van der Waals surface area contributed by atoms with Gasteiger partial charge in [-0.2, -0.15) is 0 Å². The summed E-state index contributed by atoms with van der Waals surface area (Å²) < 4.78 is 0. The van der Waals surface area contributed by atoms with Crippen molar-refractivity contribution in [3.8, 4) is 0 Å². The van der Waals surface area contributed by atoms with Gasteiger partial charge in [-0.1, -0.05) is 13.3 Å². The van der Waals surface area contributed by atoms with E-state index in [2.05, 4.69) is 35.5 Å². The van der Waals surface area contributed by atoms with E-state index in [9.17, 15) is 0 Å². The molecule has 3 heteroatoms. The number of nitrogens with one attached hydrogen (secondary N) is 2. The fourth-order valence-corrected chi connectivity index (χ4v) is 3.37. The van der Waals surface area contributed by atoms with Gasteiger partial charge in [0.25, 0.3) is 0 Å². The van der Waals surface area contributed by atoms with E-state index < -0.39 is 0 Å². The first-order valence-electron chi connectivity index (χ1n) is 7.20. The number of rotatable bonds is 1. The van der Waals surface area contributed by atoms with Crippen LogP contribution in [0.5, 0.6) is 0 Å². The van der Waals surface area contributed by atoms with Crippen LogP contribution in [0.4, 0.5) is 11.5 Å². The van der Waals surface area contributed by atoms with Crippen molar-refractivity contribution < 1.29 is 0 Å². The fourth-order valence-electron chi connectivity index (χ4n) is 3.37. The van der Waals surface area contributed by atoms with E-state index in [0.717, 1.165) is 18.3 Å². The molecule has 2 aliphatic rings. The Morgan fingerprint density at radius 3 is 2.89 bits per heavy atom. The van der Waals surface area contributed by atoms with Crippen LogP contribution < -0.4 is 10.6 Å². The zero-order valence-corrected chi connectivity index (χ0v) is 11.4. The van der Waals surface area contributed by atoms with Crippen LogP contribution in [0.1, 0.15) is 44.6 Å². The number of hydrogen-bond donors (Lipinski definition) is 2. The monoisotopic (exact) mass is 245 g/mol. The molecule has 1 spiro atoms. The largest absolute Gasteiger partial charge is 0.379 e. The number of aromatic nitrogens is 1. The average Bonchev–Trinajstić information content (AvgIpc) is 2.40. The van der Waals surface area contributed by atoms with Gasteiger partial charge >= 0.3 is 0 Å². The molecule has 2 heterocycles. The molecule has 3 nitrogen and oxygen atoms in total. The first-order chi connectivity index (χ1) is 8.72. The molecule has 18 heavy (non-hydrogen) atoms. The summed E-state index contributed by atoms with van der Waals surface area (Å²) in [5.74, 6) is 1.99. The maximum absolute atomic E-state index is 4.50. The van der Waals surface area contributed by atoms with Crippen molar-refractivity contribution in [1.29, 1.82) is 0 Å². The first-order valence-corrected chi connectivity index (χ1v) is 7.20. The Morgan fingerprint density at radius 2 is 2.17 bits per heavy atom. The van der Waals surface area contributed by atoms with E-state index in [-0.39, 0.29) is 5.54 Å². The van der Waals surface area contributed by atoms with E-state index in [1.54, 1.807) is 0 Å². The minimum absolute atomic E-state index is 0.249. The second-order valence-corrected chi connectivity index (χ2v) is 5.96. The van der Waals surface area contributed by atoms with E-state index in [0.29, 0.717) is 0 Å². The van der Waals surface area contributed by atoms with Crippen molar-refractivity contribution in [3.63, 3.8) is 0 Å². The molecule has 0 atom stereocenters. The Hall–Kier alpha value is -1.25. The third kappa shape index (κ3) is 1.96. The Morgan fingerprint density at radius 1 is 1.39 bits per heavy atom. The lowest BCUT2D eigenvalue weighted by atomic mass is 9.75. The number of pyridine rings is 1. The molecule has 0 bridgehead atoms. The Balaban J connectivity index is 1.79. The van der Waals surface area contributed by atoms with Crippen molar-refractivity contribution in [2.24, 2.45) is 5.92 Å². The van der Waals surface area contributed by atoms with E-state index in [1.807, 2.05) is 6.20 Å². The van der Waals surface area contributed by atoms with Crippen molar-refractivity contribution in [1.82, 2.24) is 4.98 Å². The predicted molar refractivity (Wildman–Crippen MR) is 76.1 cm³/mol. The third-order valence-electron chi connectivity index (χ3n) is 4.79. The molecule has 1 fully saturated rings. The Kier molecular flexibility index (Phi) is 2.92. The second kappa shape index (κ2) is 4.45. The average molecular weight is 245 g/mol. The van der Waals surface area contributed by atoms with Gasteiger partial charge in [0.1, 0.15) is 5.82 Å². The molecule has 0 saturated heterocycles. The molecule has 1 aliphatic carbocycles. The van der Waals surface area contributed by atoms with Gasteiger partial charge < -0.3 is 10.6 Å². The summed E-state index contributed by atoms with van der Waals surface area (Å²) in [4.78, 5) is 4.50. The number of hydrogen-bond acceptors (Lipinski definition) is 3. The molecule has 0 unspecified atom stereocenters. The molecule has 0 aromatic carbocycles. The zero-order valence-electron chi connectivity index (χ0n) is 11.4. The fraction of sp³-hybridized carbons (Fsp3) is 0.667. The van der Waals surface area contributed by atoms with Crippen molar-refractivity contribution in [2.45, 2.75) is 51.5 Å². The van der Waals surface area contributed by atoms with Gasteiger partial charge in [-0.25, -0.2) is 4.98 Å². The highest BCUT2D eigenvalue weighted by Gasteiger charge is 2.38. The van der Waals surface area contributed by atoms with Crippen molar-refractivity contribution >= 4 is 11.5 Å². The molecule has 0 amide bonds. The molecule has 1 aromatic heterocycles. The van der Waals surface area contributed by atoms with Gasteiger partial charge in [-0.3, -0.25) is 0 Å². The first kappa shape index (κ1) is 11.8. The lowest BCUT2D eigenvalue weighted by Gasteiger charge is -2.44. The third-order valence-corrected chi connectivity index (χ3v) is 4.79. The molecule has 1 aliphatic heterocycles. The molecule has 1 aromatic rings. The number of nitrogens with zero attached hydrogens (tertiary/aromatic N) is 1. The van der Waals surface area contributed by atoms with Gasteiger partial charge in [-0.15, -0.1) is 0 Å². The molecule has 3 rings (SSSR count). The number of fused-ring (bicyclic) bond motifs is 1. The highest BCUT2D eigenvalue weighted by atomic mass is 15.2. The smallest absolute Gasteiger partial charge is 0.150 e. The van der Waals surface area contributed by atoms with Crippen LogP contribution in [0.25, 0.3) is 0 Å². The van der Waals surface area contributed by atoms with Crippen LogP contribution in [0, 0.1) is 12.8 Å². The maximum atomic E-state index is 4.50. The minimum Gasteiger partial charge on any atom is -0.379 e. The van der Waals surface area contributed by atoms with Gasteiger partial charge in [0.2, 0.25) is 0 Å². The van der Waals surface area contributed by atoms with Gasteiger partial charge in [0.05, 0.1) is 11.2 Å². The number of aryl methyl sites for hydroxylation is 1. The Bertz CT molecular complexity index is 433. The van der Waals surface area contributed by atoms with Crippen LogP contribution in [0.2, 0.25) is 0 Å². The molecule has 1 saturated carbocycles. The summed E-state index contributed by atoms with van der Waals surface area (Å²) >= 11 is 0. The second-order valence-electron chi connectivity index (χ2n) is 5.96. The summed E-state index contributed by atoms with van der Waals surface area (Å²) in [6.07, 6.45) is 8.48. The van der Waals surface area contributed by atoms with Crippen molar-refractivity contribution in [3.05, 3.63) is 17.8 Å². The van der Waals surface area contributed by atoms with E-state index in [4.69, 9.17) is 0 Å². The standard InChI is InChI=1S/C15H23N3/c1-3-12-4-7-15(8-5-12)10-17-13-11(2)6-9-16-14(13)18-15/h6,9,12,17H,3-5,7-8,10H2,1-2H3,(H,16,18). The maximum Gasteiger partial charge on any atom is 0.150 e. The quantitative estimate of drug-likeness (QED) is 0.794. The predicted octanol–water partition coefficient (Wildman–Crippen LogP) is 3.57. The zero-order chi connectivity index (χ0) is 12.6. The lowest BCUT2D eigenvalue weighted by molar-refractivity contribution is 0.255. The van der Waals surface area contributed by atoms with Crippen LogP contribution in [0.3, 0.4) is 0 Å². The van der Waals surface area contributed by atoms with Crippen LogP contribution >= 0.6 is 0 Å². The van der Waals surface area contributed by atoms with Crippen LogP contribution in [0.15, 0.2) is 12.3 Å². The summed E-state index contributed by atoms with van der Waals surface area (Å²) in [7, 11) is 0. The van der Waals surface area contributed by atoms with Crippen LogP contribution in [-0.2, 0) is 0 Å². The van der Waals surface area contributed by atoms with E-state index in [1.165, 1.54) is 43.4 Å². The molecular weight excluding hydrogens is 222 g/mol. The van der Waals surface area contributed by atoms with Crippen molar-refractivity contribution in [2.75, 3.05) is 17.2 Å². The normalized spacial score (nSPS) is 30.4. The highest BCUT2D eigenvalue weighted by Crippen LogP contribution is 2.40. The molecule has 2 N–H and O–H groups in total. The summed E-state index contributed by atoms with van der Waals surface area (Å²) in [5, 5.41) is 7.32. The summed E-state index contributed by atoms with van der Waals surface area (Å²) in [6, 6.07) is 2.07. The van der Waals surface area contributed by atoms with Gasteiger partial charge in [0, 0.05) is 12.7 Å². The Labute approximate surface area is 109 Å². The topological polar surface area (TPSA) is 37.0 Å². The molecule has 0 radical (unpaired) electrons. The minimum atomic E-state index is 0.249.